The number of allylic oxidation sites excluding steroid dienone is 2. The molecule has 138 valence electrons. The molecule has 0 aromatic heterocycles. The topological polar surface area (TPSA) is 29.5 Å². The highest BCUT2D eigenvalue weighted by Crippen LogP contribution is 2.55. The third kappa shape index (κ3) is 3.09. The number of phenolic OH excluding ortho intramolecular Hbond substituents is 1. The predicted octanol–water partition coefficient (Wildman–Crippen LogP) is 6.35. The van der Waals surface area contributed by atoms with Crippen molar-refractivity contribution in [2.75, 3.05) is 0 Å². The van der Waals surface area contributed by atoms with Gasteiger partial charge in [-0.25, -0.2) is 0 Å². The molecule has 25 heavy (non-hydrogen) atoms. The van der Waals surface area contributed by atoms with Crippen LogP contribution in [0.3, 0.4) is 0 Å². The molecule has 1 aromatic rings. The Morgan fingerprint density at radius 3 is 2.56 bits per heavy atom. The minimum Gasteiger partial charge on any atom is -0.507 e. The Morgan fingerprint density at radius 1 is 1.16 bits per heavy atom. The van der Waals surface area contributed by atoms with Crippen molar-refractivity contribution in [1.29, 1.82) is 0 Å². The number of rotatable bonds is 4. The smallest absolute Gasteiger partial charge is 0.130 e. The maximum Gasteiger partial charge on any atom is 0.130 e. The first-order valence-corrected chi connectivity index (χ1v) is 9.99. The molecular formula is C23H34O2. The lowest BCUT2D eigenvalue weighted by molar-refractivity contribution is 0.00992. The standard InChI is InChI=1S/C23H34O2/c1-7-8-9-10-17-15(3)21(24)20-18-13-14(2)11-12-19(18)23(5,6)25-22(20)16(17)4/h13,18-19,24H,7-12H2,1-6H3. The molecule has 1 heterocycles. The molecule has 1 aliphatic carbocycles. The molecule has 0 amide bonds. The van der Waals surface area contributed by atoms with Crippen LogP contribution in [0.15, 0.2) is 11.6 Å². The fourth-order valence-electron chi connectivity index (χ4n) is 4.91. The monoisotopic (exact) mass is 342 g/mol. The summed E-state index contributed by atoms with van der Waals surface area (Å²) in [5.74, 6) is 2.13. The summed E-state index contributed by atoms with van der Waals surface area (Å²) in [5.41, 5.74) is 5.87. The largest absolute Gasteiger partial charge is 0.507 e. The van der Waals surface area contributed by atoms with Crippen LogP contribution in [-0.4, -0.2) is 10.7 Å². The number of hydrogen-bond acceptors (Lipinski definition) is 2. The van der Waals surface area contributed by atoms with E-state index in [-0.39, 0.29) is 11.5 Å². The van der Waals surface area contributed by atoms with Crippen LogP contribution in [-0.2, 0) is 6.42 Å². The van der Waals surface area contributed by atoms with Gasteiger partial charge >= 0.3 is 0 Å². The van der Waals surface area contributed by atoms with Gasteiger partial charge in [0.25, 0.3) is 0 Å². The fourth-order valence-corrected chi connectivity index (χ4v) is 4.91. The van der Waals surface area contributed by atoms with Crippen LogP contribution in [0.2, 0.25) is 0 Å². The van der Waals surface area contributed by atoms with Crippen LogP contribution in [0.4, 0.5) is 0 Å². The van der Waals surface area contributed by atoms with Crippen LogP contribution in [0, 0.1) is 19.8 Å². The van der Waals surface area contributed by atoms with E-state index in [4.69, 9.17) is 4.74 Å². The van der Waals surface area contributed by atoms with Gasteiger partial charge in [-0.15, -0.1) is 0 Å². The van der Waals surface area contributed by atoms with Gasteiger partial charge in [0.2, 0.25) is 0 Å². The molecule has 0 radical (unpaired) electrons. The summed E-state index contributed by atoms with van der Waals surface area (Å²) in [6.45, 7) is 13.1. The molecule has 0 saturated heterocycles. The second kappa shape index (κ2) is 6.70. The van der Waals surface area contributed by atoms with Crippen molar-refractivity contribution in [3.8, 4) is 11.5 Å². The second-order valence-electron chi connectivity index (χ2n) is 8.67. The summed E-state index contributed by atoms with van der Waals surface area (Å²) in [5, 5.41) is 11.1. The van der Waals surface area contributed by atoms with Gasteiger partial charge in [-0.1, -0.05) is 31.4 Å². The molecular weight excluding hydrogens is 308 g/mol. The molecule has 1 aromatic carbocycles. The summed E-state index contributed by atoms with van der Waals surface area (Å²) in [6.07, 6.45) is 9.30. The van der Waals surface area contributed by atoms with Gasteiger partial charge in [0.15, 0.2) is 0 Å². The van der Waals surface area contributed by atoms with E-state index >= 15 is 0 Å². The molecule has 1 N–H and O–H groups in total. The van der Waals surface area contributed by atoms with Crippen molar-refractivity contribution >= 4 is 0 Å². The normalized spacial score (nSPS) is 24.2. The number of hydrogen-bond donors (Lipinski definition) is 1. The molecule has 3 rings (SSSR count). The van der Waals surface area contributed by atoms with Gasteiger partial charge < -0.3 is 9.84 Å². The number of unbranched alkanes of at least 4 members (excludes halogenated alkanes) is 2. The Bertz CT molecular complexity index is 697. The van der Waals surface area contributed by atoms with Gasteiger partial charge in [-0.05, 0) is 77.0 Å². The lowest BCUT2D eigenvalue weighted by Crippen LogP contribution is -2.45. The zero-order valence-corrected chi connectivity index (χ0v) is 16.8. The maximum absolute atomic E-state index is 11.1. The van der Waals surface area contributed by atoms with Crippen molar-refractivity contribution < 1.29 is 9.84 Å². The third-order valence-electron chi connectivity index (χ3n) is 6.47. The highest BCUT2D eigenvalue weighted by Gasteiger charge is 2.46. The van der Waals surface area contributed by atoms with Crippen molar-refractivity contribution in [2.24, 2.45) is 5.92 Å². The van der Waals surface area contributed by atoms with E-state index < -0.39 is 0 Å². The van der Waals surface area contributed by atoms with Gasteiger partial charge in [-0.2, -0.15) is 0 Å². The summed E-state index contributed by atoms with van der Waals surface area (Å²) >= 11 is 0. The number of benzene rings is 1. The molecule has 1 aliphatic heterocycles. The van der Waals surface area contributed by atoms with Crippen LogP contribution in [0.25, 0.3) is 0 Å². The van der Waals surface area contributed by atoms with Crippen LogP contribution in [0.5, 0.6) is 11.5 Å². The second-order valence-corrected chi connectivity index (χ2v) is 8.67. The Hall–Kier alpha value is -1.44. The van der Waals surface area contributed by atoms with Gasteiger partial charge in [0.05, 0.1) is 0 Å². The van der Waals surface area contributed by atoms with Crippen LogP contribution in [0.1, 0.15) is 88.0 Å². The molecule has 0 saturated carbocycles. The number of ether oxygens (including phenoxy) is 1. The Kier molecular flexibility index (Phi) is 4.92. The zero-order chi connectivity index (χ0) is 18.4. The lowest BCUT2D eigenvalue weighted by atomic mass is 9.67. The Morgan fingerprint density at radius 2 is 1.88 bits per heavy atom. The average Bonchev–Trinajstić information content (AvgIpc) is 2.55. The van der Waals surface area contributed by atoms with Crippen LogP contribution >= 0.6 is 0 Å². The molecule has 2 nitrogen and oxygen atoms in total. The lowest BCUT2D eigenvalue weighted by Gasteiger charge is -2.47. The van der Waals surface area contributed by atoms with Gasteiger partial charge in [-0.3, -0.25) is 0 Å². The molecule has 0 bridgehead atoms. The van der Waals surface area contributed by atoms with E-state index in [2.05, 4.69) is 47.6 Å². The molecule has 2 atom stereocenters. The summed E-state index contributed by atoms with van der Waals surface area (Å²) in [4.78, 5) is 0. The van der Waals surface area contributed by atoms with E-state index in [1.165, 1.54) is 36.0 Å². The van der Waals surface area contributed by atoms with Crippen molar-refractivity contribution in [3.63, 3.8) is 0 Å². The van der Waals surface area contributed by atoms with E-state index in [0.717, 1.165) is 36.1 Å². The first kappa shape index (κ1) is 18.4. The molecule has 0 fully saturated rings. The molecule has 0 spiro atoms. The Balaban J connectivity index is 2.14. The van der Waals surface area contributed by atoms with Crippen molar-refractivity contribution in [3.05, 3.63) is 33.9 Å². The van der Waals surface area contributed by atoms with Crippen LogP contribution < -0.4 is 4.74 Å². The minimum absolute atomic E-state index is 0.192. The Labute approximate surface area is 153 Å². The SMILES string of the molecule is CCCCCc1c(C)c(O)c2c(c1C)OC(C)(C)C1CCC(C)=CC21. The van der Waals surface area contributed by atoms with Gasteiger partial charge in [0, 0.05) is 17.4 Å². The molecule has 2 heteroatoms. The minimum atomic E-state index is -0.192. The third-order valence-corrected chi connectivity index (χ3v) is 6.47. The van der Waals surface area contributed by atoms with Crippen molar-refractivity contribution in [1.82, 2.24) is 0 Å². The predicted molar refractivity (Wildman–Crippen MR) is 105 cm³/mol. The van der Waals surface area contributed by atoms with E-state index in [1.807, 2.05) is 0 Å². The summed E-state index contributed by atoms with van der Waals surface area (Å²) in [7, 11) is 0. The van der Waals surface area contributed by atoms with E-state index in [1.54, 1.807) is 0 Å². The maximum atomic E-state index is 11.1. The first-order valence-electron chi connectivity index (χ1n) is 9.99. The first-order chi connectivity index (χ1) is 11.8. The quantitative estimate of drug-likeness (QED) is 0.510. The molecule has 2 unspecified atom stereocenters. The summed E-state index contributed by atoms with van der Waals surface area (Å²) in [6, 6.07) is 0. The highest BCUT2D eigenvalue weighted by atomic mass is 16.5. The van der Waals surface area contributed by atoms with E-state index in [9.17, 15) is 5.11 Å². The summed E-state index contributed by atoms with van der Waals surface area (Å²) < 4.78 is 6.55. The van der Waals surface area contributed by atoms with Gasteiger partial charge in [0.1, 0.15) is 17.1 Å². The molecule has 2 aliphatic rings. The van der Waals surface area contributed by atoms with Crippen molar-refractivity contribution in [2.45, 2.75) is 91.6 Å². The average molecular weight is 343 g/mol. The van der Waals surface area contributed by atoms with E-state index in [0.29, 0.717) is 11.7 Å². The number of fused-ring (bicyclic) bond motifs is 3. The number of phenols is 1. The zero-order valence-electron chi connectivity index (χ0n) is 16.8. The number of aromatic hydroxyl groups is 1. The highest BCUT2D eigenvalue weighted by molar-refractivity contribution is 5.62. The fraction of sp³-hybridized carbons (Fsp3) is 0.652.